The Morgan fingerprint density at radius 3 is 2.60 bits per heavy atom. The molecular formula is C16H30N4O5. The molecule has 0 spiro atoms. The van der Waals surface area contributed by atoms with Crippen LogP contribution in [0.3, 0.4) is 0 Å². The van der Waals surface area contributed by atoms with Gasteiger partial charge in [0.05, 0.1) is 25.7 Å². The smallest absolute Gasteiger partial charge is 0.248 e. The van der Waals surface area contributed by atoms with Crippen molar-refractivity contribution in [1.29, 1.82) is 0 Å². The van der Waals surface area contributed by atoms with Crippen molar-refractivity contribution in [3.8, 4) is 0 Å². The molecule has 0 unspecified atom stereocenters. The summed E-state index contributed by atoms with van der Waals surface area (Å²) in [5.41, 5.74) is 0. The second kappa shape index (κ2) is 11.9. The Balaban J connectivity index is 2.53. The van der Waals surface area contributed by atoms with Crippen molar-refractivity contribution >= 4 is 18.2 Å². The number of hydrogen-bond acceptors (Lipinski definition) is 7. The summed E-state index contributed by atoms with van der Waals surface area (Å²) in [7, 11) is 0. The van der Waals surface area contributed by atoms with Gasteiger partial charge in [-0.15, -0.1) is 0 Å². The molecular weight excluding hydrogens is 328 g/mol. The minimum atomic E-state index is -0.695. The van der Waals surface area contributed by atoms with Gasteiger partial charge in [0.2, 0.25) is 18.2 Å². The Morgan fingerprint density at radius 2 is 2.00 bits per heavy atom. The molecule has 1 aliphatic heterocycles. The maximum absolute atomic E-state index is 12.5. The van der Waals surface area contributed by atoms with Crippen molar-refractivity contribution in [2.24, 2.45) is 11.8 Å². The number of carbonyl (C=O) groups excluding carboxylic acids is 3. The molecule has 0 aromatic rings. The SMILES string of the molecule is CCCCC[C@H](CN(O)C=O)C(=O)N(N)C(=O)CCN1CCOCC1. The van der Waals surface area contributed by atoms with E-state index in [1.54, 1.807) is 0 Å². The van der Waals surface area contributed by atoms with Crippen molar-refractivity contribution in [1.82, 2.24) is 15.0 Å². The Hall–Kier alpha value is -1.55. The summed E-state index contributed by atoms with van der Waals surface area (Å²) in [4.78, 5) is 37.4. The summed E-state index contributed by atoms with van der Waals surface area (Å²) in [5, 5.41) is 10.4. The van der Waals surface area contributed by atoms with E-state index in [1.165, 1.54) is 0 Å². The number of hydrogen-bond donors (Lipinski definition) is 2. The maximum Gasteiger partial charge on any atom is 0.248 e. The van der Waals surface area contributed by atoms with Gasteiger partial charge in [0.25, 0.3) is 0 Å². The van der Waals surface area contributed by atoms with E-state index >= 15 is 0 Å². The van der Waals surface area contributed by atoms with Gasteiger partial charge in [-0.1, -0.05) is 26.2 Å². The highest BCUT2D eigenvalue weighted by Crippen LogP contribution is 2.14. The van der Waals surface area contributed by atoms with Gasteiger partial charge in [-0.25, -0.2) is 15.9 Å². The molecule has 1 aliphatic rings. The predicted octanol–water partition coefficient (Wildman–Crippen LogP) is -0.0183. The number of nitrogens with zero attached hydrogens (tertiary/aromatic N) is 3. The third-order valence-corrected chi connectivity index (χ3v) is 4.29. The summed E-state index contributed by atoms with van der Waals surface area (Å²) < 4.78 is 5.25. The average Bonchev–Trinajstić information content (AvgIpc) is 2.64. The lowest BCUT2D eigenvalue weighted by atomic mass is 9.99. The number of nitrogens with two attached hydrogens (primary N) is 1. The van der Waals surface area contributed by atoms with Gasteiger partial charge in [0.1, 0.15) is 0 Å². The lowest BCUT2D eigenvalue weighted by Gasteiger charge is -2.27. The first-order chi connectivity index (χ1) is 12.0. The molecule has 1 rings (SSSR count). The first-order valence-electron chi connectivity index (χ1n) is 8.82. The van der Waals surface area contributed by atoms with Crippen LogP contribution in [0.4, 0.5) is 0 Å². The monoisotopic (exact) mass is 358 g/mol. The second-order valence-corrected chi connectivity index (χ2v) is 6.23. The summed E-state index contributed by atoms with van der Waals surface area (Å²) in [6.07, 6.45) is 3.49. The van der Waals surface area contributed by atoms with Crippen molar-refractivity contribution in [3.05, 3.63) is 0 Å². The first-order valence-corrected chi connectivity index (χ1v) is 8.82. The Bertz CT molecular complexity index is 429. The van der Waals surface area contributed by atoms with E-state index in [-0.39, 0.29) is 19.4 Å². The van der Waals surface area contributed by atoms with Crippen molar-refractivity contribution in [2.45, 2.75) is 39.0 Å². The number of carbonyl (C=O) groups is 3. The number of amides is 3. The fourth-order valence-electron chi connectivity index (χ4n) is 2.72. The molecule has 0 bridgehead atoms. The van der Waals surface area contributed by atoms with E-state index in [0.29, 0.717) is 36.3 Å². The number of ether oxygens (including phenoxy) is 1. The fraction of sp³-hybridized carbons (Fsp3) is 0.812. The van der Waals surface area contributed by atoms with Crippen molar-refractivity contribution in [2.75, 3.05) is 39.4 Å². The number of imide groups is 1. The second-order valence-electron chi connectivity index (χ2n) is 6.23. The van der Waals surface area contributed by atoms with Crippen LogP contribution in [0.5, 0.6) is 0 Å². The molecule has 3 amide bonds. The molecule has 1 heterocycles. The van der Waals surface area contributed by atoms with E-state index in [9.17, 15) is 19.6 Å². The molecule has 1 atom stereocenters. The van der Waals surface area contributed by atoms with Crippen LogP contribution in [0.15, 0.2) is 0 Å². The van der Waals surface area contributed by atoms with Gasteiger partial charge in [-0.05, 0) is 6.42 Å². The van der Waals surface area contributed by atoms with E-state index in [1.807, 2.05) is 6.92 Å². The highest BCUT2D eigenvalue weighted by molar-refractivity contribution is 5.95. The zero-order chi connectivity index (χ0) is 18.7. The van der Waals surface area contributed by atoms with E-state index in [4.69, 9.17) is 10.6 Å². The van der Waals surface area contributed by atoms with Crippen molar-refractivity contribution in [3.63, 3.8) is 0 Å². The molecule has 3 N–H and O–H groups in total. The van der Waals surface area contributed by atoms with Crippen LogP contribution in [0.1, 0.15) is 39.0 Å². The molecule has 9 heteroatoms. The molecule has 0 aromatic carbocycles. The van der Waals surface area contributed by atoms with Crippen LogP contribution in [-0.2, 0) is 19.1 Å². The molecule has 9 nitrogen and oxygen atoms in total. The third kappa shape index (κ3) is 7.91. The molecule has 0 radical (unpaired) electrons. The standard InChI is InChI=1S/C16H30N4O5/c1-2-3-4-5-14(12-19(24)13-21)16(23)20(17)15(22)6-7-18-8-10-25-11-9-18/h13-14,24H,2-12,17H2,1H3/t14-/m1/s1. The van der Waals surface area contributed by atoms with Crippen LogP contribution in [-0.4, -0.2) is 77.8 Å². The minimum absolute atomic E-state index is 0.139. The summed E-state index contributed by atoms with van der Waals surface area (Å²) in [6, 6.07) is 0. The number of unbranched alkanes of at least 4 members (excludes halogenated alkanes) is 2. The number of hydrazine groups is 1. The van der Waals surface area contributed by atoms with Crippen LogP contribution in [0.2, 0.25) is 0 Å². The highest BCUT2D eigenvalue weighted by Gasteiger charge is 2.28. The molecule has 1 saturated heterocycles. The molecule has 0 saturated carbocycles. The van der Waals surface area contributed by atoms with E-state index < -0.39 is 17.7 Å². The number of morpholine rings is 1. The lowest BCUT2D eigenvalue weighted by Crippen LogP contribution is -2.49. The Kier molecular flexibility index (Phi) is 10.2. The van der Waals surface area contributed by atoms with E-state index in [2.05, 4.69) is 4.90 Å². The average molecular weight is 358 g/mol. The topological polar surface area (TPSA) is 116 Å². The van der Waals surface area contributed by atoms with Crippen LogP contribution in [0.25, 0.3) is 0 Å². The van der Waals surface area contributed by atoms with Gasteiger partial charge in [-0.3, -0.25) is 24.5 Å². The largest absolute Gasteiger partial charge is 0.379 e. The molecule has 144 valence electrons. The number of hydroxylamine groups is 2. The van der Waals surface area contributed by atoms with Gasteiger partial charge in [-0.2, -0.15) is 0 Å². The Morgan fingerprint density at radius 1 is 1.32 bits per heavy atom. The molecule has 0 aliphatic carbocycles. The molecule has 25 heavy (non-hydrogen) atoms. The molecule has 1 fully saturated rings. The fourth-order valence-corrected chi connectivity index (χ4v) is 2.72. The van der Waals surface area contributed by atoms with Gasteiger partial charge in [0, 0.05) is 26.1 Å². The zero-order valence-electron chi connectivity index (χ0n) is 14.9. The first kappa shape index (κ1) is 21.5. The third-order valence-electron chi connectivity index (χ3n) is 4.29. The van der Waals surface area contributed by atoms with Gasteiger partial charge < -0.3 is 4.74 Å². The summed E-state index contributed by atoms with van der Waals surface area (Å²) in [5.74, 6) is 3.97. The van der Waals surface area contributed by atoms with Gasteiger partial charge in [0.15, 0.2) is 0 Å². The van der Waals surface area contributed by atoms with E-state index in [0.717, 1.165) is 32.4 Å². The maximum atomic E-state index is 12.5. The zero-order valence-corrected chi connectivity index (χ0v) is 14.9. The predicted molar refractivity (Wildman–Crippen MR) is 90.1 cm³/mol. The Labute approximate surface area is 148 Å². The normalized spacial score (nSPS) is 16.3. The van der Waals surface area contributed by atoms with Gasteiger partial charge >= 0.3 is 0 Å². The summed E-state index contributed by atoms with van der Waals surface area (Å²) >= 11 is 0. The molecule has 0 aromatic heterocycles. The van der Waals surface area contributed by atoms with Crippen LogP contribution in [0, 0.1) is 5.92 Å². The number of rotatable bonds is 11. The van der Waals surface area contributed by atoms with Crippen LogP contribution < -0.4 is 5.84 Å². The summed E-state index contributed by atoms with van der Waals surface area (Å²) in [6.45, 7) is 5.16. The highest BCUT2D eigenvalue weighted by atomic mass is 16.5. The lowest BCUT2D eigenvalue weighted by molar-refractivity contribution is -0.159. The van der Waals surface area contributed by atoms with Crippen molar-refractivity contribution < 1.29 is 24.3 Å². The van der Waals surface area contributed by atoms with Crippen LogP contribution >= 0.6 is 0 Å². The quantitative estimate of drug-likeness (QED) is 0.133. The minimum Gasteiger partial charge on any atom is -0.379 e.